The summed E-state index contributed by atoms with van der Waals surface area (Å²) in [4.78, 5) is 10.4. The minimum Gasteiger partial charge on any atom is -0.383 e. The van der Waals surface area contributed by atoms with Crippen molar-refractivity contribution in [3.05, 3.63) is 33.4 Å². The third-order valence-corrected chi connectivity index (χ3v) is 5.91. The molecule has 1 aromatic rings. The van der Waals surface area contributed by atoms with E-state index in [1.807, 2.05) is 0 Å². The highest BCUT2D eigenvalue weighted by molar-refractivity contribution is 7.89. The van der Waals surface area contributed by atoms with Gasteiger partial charge in [0.1, 0.15) is 0 Å². The lowest BCUT2D eigenvalue weighted by atomic mass is 9.99. The molecule has 1 atom stereocenters. The van der Waals surface area contributed by atoms with Crippen molar-refractivity contribution in [2.45, 2.75) is 37.1 Å². The van der Waals surface area contributed by atoms with Gasteiger partial charge < -0.3 is 10.1 Å². The zero-order valence-electron chi connectivity index (χ0n) is 14.1. The molecule has 1 saturated heterocycles. The number of hydrogen-bond acceptors (Lipinski definition) is 6. The van der Waals surface area contributed by atoms with E-state index in [1.54, 1.807) is 26.2 Å². The predicted octanol–water partition coefficient (Wildman–Crippen LogP) is 1.26. The molecule has 1 fully saturated rings. The summed E-state index contributed by atoms with van der Waals surface area (Å²) in [5.74, 6) is 0. The zero-order valence-corrected chi connectivity index (χ0v) is 14.9. The van der Waals surface area contributed by atoms with Crippen LogP contribution in [0.25, 0.3) is 0 Å². The first-order valence-electron chi connectivity index (χ1n) is 7.71. The van der Waals surface area contributed by atoms with Crippen LogP contribution in [0.3, 0.4) is 0 Å². The van der Waals surface area contributed by atoms with Crippen LogP contribution in [0.4, 0.5) is 5.69 Å². The van der Waals surface area contributed by atoms with Gasteiger partial charge in [0.15, 0.2) is 4.90 Å². The van der Waals surface area contributed by atoms with Crippen LogP contribution in [-0.4, -0.2) is 45.7 Å². The average Bonchev–Trinajstić information content (AvgIpc) is 2.96. The number of nitrogens with zero attached hydrogens (tertiary/aromatic N) is 1. The lowest BCUT2D eigenvalue weighted by molar-refractivity contribution is -0.388. The summed E-state index contributed by atoms with van der Waals surface area (Å²) in [6.45, 7) is 4.36. The summed E-state index contributed by atoms with van der Waals surface area (Å²) in [5, 5.41) is 14.6. The second kappa shape index (κ2) is 7.14. The summed E-state index contributed by atoms with van der Waals surface area (Å²) in [5.41, 5.74) is -0.187. The van der Waals surface area contributed by atoms with Gasteiger partial charge in [-0.3, -0.25) is 10.1 Å². The van der Waals surface area contributed by atoms with E-state index < -0.39 is 20.5 Å². The number of sulfonamides is 1. The molecule has 0 saturated carbocycles. The van der Waals surface area contributed by atoms with Crippen LogP contribution >= 0.6 is 0 Å². The number of rotatable bonds is 7. The molecular weight excluding hydrogens is 334 g/mol. The average molecular weight is 357 g/mol. The second-order valence-electron chi connectivity index (χ2n) is 6.20. The first kappa shape index (κ1) is 18.8. The molecule has 1 unspecified atom stereocenters. The van der Waals surface area contributed by atoms with Gasteiger partial charge in [0, 0.05) is 19.2 Å². The molecule has 0 bridgehead atoms. The van der Waals surface area contributed by atoms with Crippen LogP contribution in [0.5, 0.6) is 0 Å². The zero-order chi connectivity index (χ0) is 18.0. The maximum Gasteiger partial charge on any atom is 0.292 e. The maximum absolute atomic E-state index is 12.7. The Balaban J connectivity index is 2.34. The summed E-state index contributed by atoms with van der Waals surface area (Å²) < 4.78 is 33.2. The Morgan fingerprint density at radius 1 is 1.38 bits per heavy atom. The Kier molecular flexibility index (Phi) is 5.59. The molecule has 1 aliphatic rings. The molecule has 0 aliphatic carbocycles. The van der Waals surface area contributed by atoms with Crippen molar-refractivity contribution in [1.29, 1.82) is 0 Å². The highest BCUT2D eigenvalue weighted by atomic mass is 32.2. The molecule has 2 rings (SSSR count). The van der Waals surface area contributed by atoms with Crippen LogP contribution in [0.2, 0.25) is 0 Å². The van der Waals surface area contributed by atoms with E-state index in [2.05, 4.69) is 10.0 Å². The van der Waals surface area contributed by atoms with E-state index in [1.165, 1.54) is 6.92 Å². The number of nitrogens with one attached hydrogen (secondary N) is 2. The number of ether oxygens (including phenoxy) is 1. The molecular formula is C15H23N3O5S. The number of methoxy groups -OCH3 is 1. The van der Waals surface area contributed by atoms with E-state index >= 15 is 0 Å². The van der Waals surface area contributed by atoms with Crippen molar-refractivity contribution in [2.24, 2.45) is 0 Å². The highest BCUT2D eigenvalue weighted by Crippen LogP contribution is 2.31. The van der Waals surface area contributed by atoms with Crippen molar-refractivity contribution >= 4 is 15.7 Å². The van der Waals surface area contributed by atoms with Crippen LogP contribution < -0.4 is 10.0 Å². The minimum atomic E-state index is -4.02. The minimum absolute atomic E-state index is 0.119. The Labute approximate surface area is 141 Å². The molecule has 134 valence electrons. The number of benzene rings is 1. The van der Waals surface area contributed by atoms with Gasteiger partial charge in [-0.15, -0.1) is 0 Å². The lowest BCUT2D eigenvalue weighted by Crippen LogP contribution is -2.53. The summed E-state index contributed by atoms with van der Waals surface area (Å²) in [7, 11) is -2.46. The molecule has 2 N–H and O–H groups in total. The van der Waals surface area contributed by atoms with Gasteiger partial charge in [-0.1, -0.05) is 12.1 Å². The molecule has 0 aromatic heterocycles. The van der Waals surface area contributed by atoms with Gasteiger partial charge in [0.25, 0.3) is 5.69 Å². The Morgan fingerprint density at radius 2 is 2.04 bits per heavy atom. The Morgan fingerprint density at radius 3 is 2.58 bits per heavy atom. The number of aryl methyl sites for hydroxylation is 2. The van der Waals surface area contributed by atoms with Crippen molar-refractivity contribution in [2.75, 3.05) is 26.8 Å². The maximum atomic E-state index is 12.7. The quantitative estimate of drug-likeness (QED) is 0.561. The molecule has 1 aliphatic heterocycles. The van der Waals surface area contributed by atoms with Gasteiger partial charge in [0.05, 0.1) is 17.1 Å². The molecule has 9 heteroatoms. The lowest BCUT2D eigenvalue weighted by Gasteiger charge is -2.29. The standard InChI is InChI=1S/C15H23N3O5S/c1-11-5-6-12(2)14(13(11)18(19)20)24(21,22)17-9-15(10-23-3)7-4-8-16-15/h5-6,16-17H,4,7-10H2,1-3H3. The highest BCUT2D eigenvalue weighted by Gasteiger charge is 2.37. The Hall–Kier alpha value is -1.55. The molecule has 24 heavy (non-hydrogen) atoms. The first-order valence-corrected chi connectivity index (χ1v) is 9.19. The van der Waals surface area contributed by atoms with Crippen molar-refractivity contribution < 1.29 is 18.1 Å². The fourth-order valence-electron chi connectivity index (χ4n) is 3.11. The molecule has 8 nitrogen and oxygen atoms in total. The van der Waals surface area contributed by atoms with E-state index in [0.717, 1.165) is 19.4 Å². The first-order chi connectivity index (χ1) is 11.2. The third-order valence-electron chi connectivity index (χ3n) is 4.33. The normalized spacial score (nSPS) is 21.1. The molecule has 0 spiro atoms. The SMILES string of the molecule is COCC1(CNS(=O)(=O)c2c(C)ccc(C)c2[N+](=O)[O-])CCCN1. The molecule has 0 radical (unpaired) electrons. The van der Waals surface area contributed by atoms with Crippen LogP contribution in [0.15, 0.2) is 17.0 Å². The predicted molar refractivity (Wildman–Crippen MR) is 89.6 cm³/mol. The molecule has 1 aromatic carbocycles. The second-order valence-corrected chi connectivity index (χ2v) is 7.91. The monoisotopic (exact) mass is 357 g/mol. The van der Waals surface area contributed by atoms with Gasteiger partial charge in [-0.05, 0) is 38.8 Å². The number of nitro benzene ring substituents is 1. The van der Waals surface area contributed by atoms with Crippen LogP contribution in [0.1, 0.15) is 24.0 Å². The van der Waals surface area contributed by atoms with E-state index in [0.29, 0.717) is 17.7 Å². The molecule has 0 amide bonds. The topological polar surface area (TPSA) is 111 Å². The summed E-state index contributed by atoms with van der Waals surface area (Å²) >= 11 is 0. The fourth-order valence-corrected chi connectivity index (χ4v) is 4.70. The Bertz CT molecular complexity index is 727. The summed E-state index contributed by atoms with van der Waals surface area (Å²) in [6, 6.07) is 3.13. The van der Waals surface area contributed by atoms with Gasteiger partial charge in [-0.25, -0.2) is 13.1 Å². The van der Waals surface area contributed by atoms with E-state index in [-0.39, 0.29) is 17.1 Å². The number of hydrogen-bond donors (Lipinski definition) is 2. The smallest absolute Gasteiger partial charge is 0.292 e. The number of nitro groups is 1. The van der Waals surface area contributed by atoms with Crippen LogP contribution in [0, 0.1) is 24.0 Å². The van der Waals surface area contributed by atoms with Gasteiger partial charge in [-0.2, -0.15) is 0 Å². The van der Waals surface area contributed by atoms with E-state index in [9.17, 15) is 18.5 Å². The molecule has 1 heterocycles. The summed E-state index contributed by atoms with van der Waals surface area (Å²) in [6.07, 6.45) is 1.70. The largest absolute Gasteiger partial charge is 0.383 e. The fraction of sp³-hybridized carbons (Fsp3) is 0.600. The van der Waals surface area contributed by atoms with Crippen LogP contribution in [-0.2, 0) is 14.8 Å². The van der Waals surface area contributed by atoms with E-state index in [4.69, 9.17) is 4.74 Å². The van der Waals surface area contributed by atoms with Gasteiger partial charge in [0.2, 0.25) is 10.0 Å². The van der Waals surface area contributed by atoms with Crippen molar-refractivity contribution in [3.63, 3.8) is 0 Å². The third kappa shape index (κ3) is 3.75. The van der Waals surface area contributed by atoms with Crippen molar-refractivity contribution in [3.8, 4) is 0 Å². The van der Waals surface area contributed by atoms with Gasteiger partial charge >= 0.3 is 0 Å². The van der Waals surface area contributed by atoms with Crippen molar-refractivity contribution in [1.82, 2.24) is 10.0 Å².